The summed E-state index contributed by atoms with van der Waals surface area (Å²) in [5.74, 6) is -0.193. The van der Waals surface area contributed by atoms with Crippen molar-refractivity contribution in [3.63, 3.8) is 0 Å². The Labute approximate surface area is 79.6 Å². The Morgan fingerprint density at radius 3 is 2.25 bits per heavy atom. The molecule has 0 atom stereocenters. The number of esters is 1. The molecule has 0 aromatic carbocycles. The largest absolute Gasteiger partial charge is 2.00 e. The second kappa shape index (κ2) is 7.73. The topological polar surface area (TPSA) is 26.3 Å². The van der Waals surface area contributed by atoms with E-state index in [1.807, 2.05) is 6.92 Å². The van der Waals surface area contributed by atoms with Crippen LogP contribution in [0.25, 0.3) is 0 Å². The first-order chi connectivity index (χ1) is 3.27. The van der Waals surface area contributed by atoms with Gasteiger partial charge in [-0.2, -0.15) is 0 Å². The van der Waals surface area contributed by atoms with Gasteiger partial charge in [-0.1, -0.05) is 6.92 Å². The molecule has 0 unspecified atom stereocenters. The fourth-order valence-corrected chi connectivity index (χ4v) is 0.246. The molecule has 0 aromatic rings. The molecule has 0 aliphatic carbocycles. The van der Waals surface area contributed by atoms with E-state index in [-0.39, 0.29) is 43.7 Å². The summed E-state index contributed by atoms with van der Waals surface area (Å²) in [6.45, 7) is 3.92. The van der Waals surface area contributed by atoms with E-state index in [1.165, 1.54) is 6.92 Å². The molecular formula is C5H10CaO2+2. The van der Waals surface area contributed by atoms with Crippen LogP contribution >= 0.6 is 0 Å². The van der Waals surface area contributed by atoms with Gasteiger partial charge in [0.15, 0.2) is 0 Å². The van der Waals surface area contributed by atoms with Crippen LogP contribution in [0.1, 0.15) is 20.3 Å². The van der Waals surface area contributed by atoms with Gasteiger partial charge in [0.2, 0.25) is 0 Å². The van der Waals surface area contributed by atoms with Crippen LogP contribution in [0.5, 0.6) is 0 Å². The van der Waals surface area contributed by atoms with Gasteiger partial charge in [-0.3, -0.25) is 4.79 Å². The molecule has 0 heterocycles. The first kappa shape index (κ1) is 11.5. The van der Waals surface area contributed by atoms with Gasteiger partial charge in [-0.15, -0.1) is 0 Å². The van der Waals surface area contributed by atoms with E-state index in [2.05, 4.69) is 4.74 Å². The summed E-state index contributed by atoms with van der Waals surface area (Å²) in [7, 11) is 0. The smallest absolute Gasteiger partial charge is 0.466 e. The molecule has 0 rings (SSSR count). The maximum atomic E-state index is 9.98. The summed E-state index contributed by atoms with van der Waals surface area (Å²) in [4.78, 5) is 9.98. The van der Waals surface area contributed by atoms with Gasteiger partial charge in [0.1, 0.15) is 0 Å². The fraction of sp³-hybridized carbons (Fsp3) is 0.800. The number of carbonyl (C=O) groups is 1. The molecule has 0 bridgehead atoms. The van der Waals surface area contributed by atoms with Crippen molar-refractivity contribution in [3.8, 4) is 0 Å². The van der Waals surface area contributed by atoms with Crippen molar-refractivity contribution in [1.82, 2.24) is 0 Å². The number of hydrogen-bond acceptors (Lipinski definition) is 2. The molecule has 0 N–H and O–H groups in total. The van der Waals surface area contributed by atoms with E-state index in [4.69, 9.17) is 0 Å². The molecule has 3 heteroatoms. The third kappa shape index (κ3) is 9.88. The van der Waals surface area contributed by atoms with Crippen LogP contribution in [0.2, 0.25) is 0 Å². The maximum absolute atomic E-state index is 9.98. The van der Waals surface area contributed by atoms with Crippen molar-refractivity contribution in [2.24, 2.45) is 0 Å². The third-order valence-corrected chi connectivity index (χ3v) is 0.509. The van der Waals surface area contributed by atoms with E-state index in [0.29, 0.717) is 6.61 Å². The molecule has 0 saturated carbocycles. The first-order valence-electron chi connectivity index (χ1n) is 2.40. The average molecular weight is 142 g/mol. The minimum absolute atomic E-state index is 0. The van der Waals surface area contributed by atoms with Crippen LogP contribution in [0.4, 0.5) is 0 Å². The van der Waals surface area contributed by atoms with Crippen molar-refractivity contribution in [2.75, 3.05) is 6.61 Å². The van der Waals surface area contributed by atoms with E-state index < -0.39 is 0 Å². The number of hydrogen-bond donors (Lipinski definition) is 0. The van der Waals surface area contributed by atoms with Crippen molar-refractivity contribution < 1.29 is 9.53 Å². The number of carbonyl (C=O) groups excluding carboxylic acids is 1. The molecule has 0 fully saturated rings. The van der Waals surface area contributed by atoms with Crippen LogP contribution in [-0.2, 0) is 9.53 Å². The summed E-state index contributed by atoms with van der Waals surface area (Å²) in [6, 6.07) is 0. The Kier molecular flexibility index (Phi) is 11.1. The monoisotopic (exact) mass is 142 g/mol. The predicted octanol–water partition coefficient (Wildman–Crippen LogP) is 0.579. The van der Waals surface area contributed by atoms with Gasteiger partial charge < -0.3 is 4.74 Å². The van der Waals surface area contributed by atoms with Crippen molar-refractivity contribution in [2.45, 2.75) is 20.3 Å². The van der Waals surface area contributed by atoms with E-state index in [0.717, 1.165) is 6.42 Å². The number of ether oxygens (including phenoxy) is 1. The normalized spacial score (nSPS) is 7.25. The first-order valence-corrected chi connectivity index (χ1v) is 2.40. The quantitative estimate of drug-likeness (QED) is 0.416. The average Bonchev–Trinajstić information content (AvgIpc) is 1.61. The molecular weight excluding hydrogens is 132 g/mol. The molecule has 0 spiro atoms. The Bertz CT molecular complexity index is 63.4. The van der Waals surface area contributed by atoms with Gasteiger partial charge in [0.05, 0.1) is 6.61 Å². The van der Waals surface area contributed by atoms with Crippen LogP contribution < -0.4 is 0 Å². The second-order valence-corrected chi connectivity index (χ2v) is 1.34. The van der Waals surface area contributed by atoms with E-state index >= 15 is 0 Å². The Morgan fingerprint density at radius 2 is 2.12 bits per heavy atom. The Balaban J connectivity index is 0. The van der Waals surface area contributed by atoms with Crippen molar-refractivity contribution in [3.05, 3.63) is 0 Å². The van der Waals surface area contributed by atoms with Gasteiger partial charge >= 0.3 is 43.7 Å². The molecule has 0 aliphatic rings. The standard InChI is InChI=1S/C5H10O2.Ca/c1-3-4-7-5(2)6;/h3-4H2,1-2H3;/q;+2. The molecule has 0 saturated heterocycles. The van der Waals surface area contributed by atoms with Crippen LogP contribution in [-0.4, -0.2) is 50.3 Å². The molecule has 0 aliphatic heterocycles. The predicted molar refractivity (Wildman–Crippen MR) is 32.7 cm³/mol. The van der Waals surface area contributed by atoms with Crippen molar-refractivity contribution in [1.29, 1.82) is 0 Å². The fourth-order valence-electron chi connectivity index (χ4n) is 0.246. The SMILES string of the molecule is CCCOC(C)=O.[Ca+2]. The minimum atomic E-state index is -0.193. The molecule has 0 aromatic heterocycles. The second-order valence-electron chi connectivity index (χ2n) is 1.34. The Morgan fingerprint density at radius 1 is 1.62 bits per heavy atom. The Hall–Kier alpha value is 0.730. The third-order valence-electron chi connectivity index (χ3n) is 0.509. The molecule has 42 valence electrons. The maximum Gasteiger partial charge on any atom is 2.00 e. The van der Waals surface area contributed by atoms with Crippen molar-refractivity contribution >= 4 is 43.7 Å². The summed E-state index contributed by atoms with van der Waals surface area (Å²) < 4.78 is 4.55. The minimum Gasteiger partial charge on any atom is -0.466 e. The number of rotatable bonds is 2. The van der Waals surface area contributed by atoms with Gasteiger partial charge in [-0.05, 0) is 6.42 Å². The summed E-state index contributed by atoms with van der Waals surface area (Å²) in [6.07, 6.45) is 0.902. The summed E-state index contributed by atoms with van der Waals surface area (Å²) in [5, 5.41) is 0. The van der Waals surface area contributed by atoms with Gasteiger partial charge in [-0.25, -0.2) is 0 Å². The molecule has 2 nitrogen and oxygen atoms in total. The molecule has 0 radical (unpaired) electrons. The van der Waals surface area contributed by atoms with Crippen LogP contribution in [0, 0.1) is 0 Å². The van der Waals surface area contributed by atoms with Gasteiger partial charge in [0, 0.05) is 6.92 Å². The zero-order valence-corrected chi connectivity index (χ0v) is 7.65. The zero-order chi connectivity index (χ0) is 5.70. The van der Waals surface area contributed by atoms with Gasteiger partial charge in [0.25, 0.3) is 0 Å². The van der Waals surface area contributed by atoms with Crippen LogP contribution in [0.15, 0.2) is 0 Å². The molecule has 8 heavy (non-hydrogen) atoms. The van der Waals surface area contributed by atoms with E-state index in [9.17, 15) is 4.79 Å². The van der Waals surface area contributed by atoms with E-state index in [1.54, 1.807) is 0 Å². The van der Waals surface area contributed by atoms with Crippen LogP contribution in [0.3, 0.4) is 0 Å². The molecule has 0 amide bonds. The summed E-state index contributed by atoms with van der Waals surface area (Å²) >= 11 is 0. The summed E-state index contributed by atoms with van der Waals surface area (Å²) in [5.41, 5.74) is 0. The zero-order valence-electron chi connectivity index (χ0n) is 5.44.